The lowest BCUT2D eigenvalue weighted by Gasteiger charge is -2.29. The van der Waals surface area contributed by atoms with E-state index in [1.807, 2.05) is 10.9 Å². The predicted octanol–water partition coefficient (Wildman–Crippen LogP) is 0.697. The first kappa shape index (κ1) is 14.5. The number of hydrogen-bond donors (Lipinski definition) is 2. The van der Waals surface area contributed by atoms with Crippen LogP contribution in [-0.4, -0.2) is 52.6 Å². The van der Waals surface area contributed by atoms with Gasteiger partial charge in [-0.15, -0.1) is 0 Å². The van der Waals surface area contributed by atoms with E-state index in [2.05, 4.69) is 28.4 Å². The SMILES string of the molecule is CCn1cc(CN(CCO)CC2CCNCC2)cn1. The molecule has 0 aliphatic carbocycles. The lowest BCUT2D eigenvalue weighted by molar-refractivity contribution is 0.157. The molecule has 0 unspecified atom stereocenters. The van der Waals surface area contributed by atoms with Crippen molar-refractivity contribution in [1.82, 2.24) is 20.0 Å². The van der Waals surface area contributed by atoms with Gasteiger partial charge in [-0.1, -0.05) is 0 Å². The number of piperidine rings is 1. The fourth-order valence-electron chi connectivity index (χ4n) is 2.72. The molecule has 0 aromatic carbocycles. The first-order valence-corrected chi connectivity index (χ1v) is 7.37. The molecule has 1 aliphatic rings. The lowest BCUT2D eigenvalue weighted by atomic mass is 9.97. The summed E-state index contributed by atoms with van der Waals surface area (Å²) in [4.78, 5) is 2.35. The van der Waals surface area contributed by atoms with E-state index < -0.39 is 0 Å². The van der Waals surface area contributed by atoms with Gasteiger partial charge in [0.1, 0.15) is 0 Å². The molecule has 0 saturated carbocycles. The summed E-state index contributed by atoms with van der Waals surface area (Å²) in [5, 5.41) is 16.9. The average Bonchev–Trinajstić information content (AvgIpc) is 2.88. The number of aliphatic hydroxyl groups is 1. The Morgan fingerprint density at radius 1 is 1.47 bits per heavy atom. The quantitative estimate of drug-likeness (QED) is 0.763. The van der Waals surface area contributed by atoms with Crippen molar-refractivity contribution in [3.63, 3.8) is 0 Å². The van der Waals surface area contributed by atoms with Crippen molar-refractivity contribution in [2.24, 2.45) is 5.92 Å². The van der Waals surface area contributed by atoms with E-state index in [4.69, 9.17) is 0 Å². The average molecular weight is 266 g/mol. The molecule has 5 heteroatoms. The van der Waals surface area contributed by atoms with Crippen LogP contribution in [0.4, 0.5) is 0 Å². The summed E-state index contributed by atoms with van der Waals surface area (Å²) >= 11 is 0. The van der Waals surface area contributed by atoms with Crippen LogP contribution in [-0.2, 0) is 13.1 Å². The van der Waals surface area contributed by atoms with Crippen molar-refractivity contribution >= 4 is 0 Å². The van der Waals surface area contributed by atoms with Gasteiger partial charge in [0, 0.05) is 37.9 Å². The second kappa shape index (κ2) is 7.62. The van der Waals surface area contributed by atoms with E-state index in [1.54, 1.807) is 0 Å². The monoisotopic (exact) mass is 266 g/mol. The summed E-state index contributed by atoms with van der Waals surface area (Å²) in [5.74, 6) is 0.758. The molecule has 1 fully saturated rings. The Balaban J connectivity index is 1.87. The van der Waals surface area contributed by atoms with Gasteiger partial charge in [-0.3, -0.25) is 9.58 Å². The highest BCUT2D eigenvalue weighted by atomic mass is 16.3. The number of aromatic nitrogens is 2. The third kappa shape index (κ3) is 4.60. The van der Waals surface area contributed by atoms with Crippen LogP contribution in [0, 0.1) is 5.92 Å². The van der Waals surface area contributed by atoms with Crippen molar-refractivity contribution in [3.8, 4) is 0 Å². The highest BCUT2D eigenvalue weighted by Gasteiger charge is 2.17. The molecule has 0 spiro atoms. The molecule has 19 heavy (non-hydrogen) atoms. The summed E-state index contributed by atoms with van der Waals surface area (Å²) in [6, 6.07) is 0. The van der Waals surface area contributed by atoms with Gasteiger partial charge in [-0.05, 0) is 38.8 Å². The van der Waals surface area contributed by atoms with Gasteiger partial charge in [0.05, 0.1) is 12.8 Å². The van der Waals surface area contributed by atoms with Crippen LogP contribution in [0.25, 0.3) is 0 Å². The van der Waals surface area contributed by atoms with Crippen molar-refractivity contribution < 1.29 is 5.11 Å². The summed E-state index contributed by atoms with van der Waals surface area (Å²) in [5.41, 5.74) is 1.24. The first-order chi connectivity index (χ1) is 9.31. The molecule has 5 nitrogen and oxygen atoms in total. The summed E-state index contributed by atoms with van der Waals surface area (Å²) in [6.07, 6.45) is 6.54. The van der Waals surface area contributed by atoms with Crippen LogP contribution in [0.3, 0.4) is 0 Å². The van der Waals surface area contributed by atoms with Gasteiger partial charge < -0.3 is 10.4 Å². The van der Waals surface area contributed by atoms with Crippen LogP contribution in [0.1, 0.15) is 25.3 Å². The second-order valence-electron chi connectivity index (χ2n) is 5.36. The van der Waals surface area contributed by atoms with E-state index in [-0.39, 0.29) is 6.61 Å². The molecule has 2 N–H and O–H groups in total. The van der Waals surface area contributed by atoms with Crippen molar-refractivity contribution in [2.75, 3.05) is 32.8 Å². The maximum Gasteiger partial charge on any atom is 0.0558 e. The van der Waals surface area contributed by atoms with Gasteiger partial charge in [0.25, 0.3) is 0 Å². The van der Waals surface area contributed by atoms with Crippen LogP contribution in [0.5, 0.6) is 0 Å². The highest BCUT2D eigenvalue weighted by molar-refractivity contribution is 5.03. The van der Waals surface area contributed by atoms with Gasteiger partial charge in [0.2, 0.25) is 0 Å². The molecule has 1 saturated heterocycles. The number of aliphatic hydroxyl groups excluding tert-OH is 1. The highest BCUT2D eigenvalue weighted by Crippen LogP contribution is 2.15. The molecule has 0 amide bonds. The molecule has 1 aliphatic heterocycles. The number of aryl methyl sites for hydroxylation is 1. The minimum absolute atomic E-state index is 0.229. The van der Waals surface area contributed by atoms with Crippen LogP contribution < -0.4 is 5.32 Å². The van der Waals surface area contributed by atoms with Gasteiger partial charge >= 0.3 is 0 Å². The second-order valence-corrected chi connectivity index (χ2v) is 5.36. The number of hydrogen-bond acceptors (Lipinski definition) is 4. The zero-order valence-corrected chi connectivity index (χ0v) is 11.9. The molecule has 2 heterocycles. The Bertz CT molecular complexity index is 360. The third-order valence-electron chi connectivity index (χ3n) is 3.81. The maximum atomic E-state index is 9.22. The summed E-state index contributed by atoms with van der Waals surface area (Å²) in [7, 11) is 0. The van der Waals surface area contributed by atoms with Gasteiger partial charge in [-0.2, -0.15) is 5.10 Å². The zero-order chi connectivity index (χ0) is 13.5. The van der Waals surface area contributed by atoms with Crippen LogP contribution >= 0.6 is 0 Å². The predicted molar refractivity (Wildman–Crippen MR) is 75.9 cm³/mol. The number of rotatable bonds is 7. The molecular weight excluding hydrogens is 240 g/mol. The fourth-order valence-corrected chi connectivity index (χ4v) is 2.72. The van der Waals surface area contributed by atoms with Crippen LogP contribution in [0.2, 0.25) is 0 Å². The molecule has 1 aromatic heterocycles. The fraction of sp³-hybridized carbons (Fsp3) is 0.786. The Morgan fingerprint density at radius 2 is 2.26 bits per heavy atom. The molecule has 0 bridgehead atoms. The van der Waals surface area contributed by atoms with Crippen molar-refractivity contribution in [2.45, 2.75) is 32.9 Å². The number of nitrogens with one attached hydrogen (secondary N) is 1. The standard InChI is InChI=1S/C14H26N4O/c1-2-18-12-14(9-16-18)11-17(7-8-19)10-13-3-5-15-6-4-13/h9,12-13,15,19H,2-8,10-11H2,1H3. The van der Waals surface area contributed by atoms with E-state index in [9.17, 15) is 5.11 Å². The normalized spacial score (nSPS) is 17.2. The summed E-state index contributed by atoms with van der Waals surface area (Å²) < 4.78 is 1.96. The van der Waals surface area contributed by atoms with Crippen molar-refractivity contribution in [3.05, 3.63) is 18.0 Å². The Labute approximate surface area is 115 Å². The zero-order valence-electron chi connectivity index (χ0n) is 11.9. The Hall–Kier alpha value is -0.910. The Morgan fingerprint density at radius 3 is 2.89 bits per heavy atom. The molecule has 108 valence electrons. The van der Waals surface area contributed by atoms with Crippen LogP contribution in [0.15, 0.2) is 12.4 Å². The third-order valence-corrected chi connectivity index (χ3v) is 3.81. The maximum absolute atomic E-state index is 9.22. The smallest absolute Gasteiger partial charge is 0.0558 e. The van der Waals surface area contributed by atoms with Crippen molar-refractivity contribution in [1.29, 1.82) is 0 Å². The minimum atomic E-state index is 0.229. The summed E-state index contributed by atoms with van der Waals surface area (Å²) in [6.45, 7) is 8.22. The first-order valence-electron chi connectivity index (χ1n) is 7.37. The van der Waals surface area contributed by atoms with E-state index in [0.29, 0.717) is 0 Å². The largest absolute Gasteiger partial charge is 0.395 e. The topological polar surface area (TPSA) is 53.3 Å². The van der Waals surface area contributed by atoms with E-state index in [1.165, 1.54) is 18.4 Å². The Kier molecular flexibility index (Phi) is 5.82. The number of nitrogens with zero attached hydrogens (tertiary/aromatic N) is 3. The molecular formula is C14H26N4O. The molecule has 0 radical (unpaired) electrons. The molecule has 0 atom stereocenters. The minimum Gasteiger partial charge on any atom is -0.395 e. The lowest BCUT2D eigenvalue weighted by Crippen LogP contribution is -2.37. The molecule has 2 rings (SSSR count). The van der Waals surface area contributed by atoms with Gasteiger partial charge in [-0.25, -0.2) is 0 Å². The molecule has 1 aromatic rings. The van der Waals surface area contributed by atoms with Gasteiger partial charge in [0.15, 0.2) is 0 Å². The van der Waals surface area contributed by atoms with E-state index >= 15 is 0 Å². The van der Waals surface area contributed by atoms with E-state index in [0.717, 1.165) is 45.2 Å².